The van der Waals surface area contributed by atoms with Gasteiger partial charge in [-0.2, -0.15) is 0 Å². The summed E-state index contributed by atoms with van der Waals surface area (Å²) in [6.07, 6.45) is 13.2. The number of unbranched alkanes of at least 4 members (excludes halogenated alkanes) is 3. The van der Waals surface area contributed by atoms with E-state index in [0.29, 0.717) is 5.92 Å². The summed E-state index contributed by atoms with van der Waals surface area (Å²) in [6, 6.07) is 3.22. The SMILES string of the molecule is C=C(C)C1CCC(C)=CC1c1c(O)cc(O)cc1C=CCCCCC. The Morgan fingerprint density at radius 1 is 1.28 bits per heavy atom. The monoisotopic (exact) mass is 340 g/mol. The van der Waals surface area contributed by atoms with Crippen molar-refractivity contribution in [3.8, 4) is 11.5 Å². The van der Waals surface area contributed by atoms with Crippen LogP contribution in [-0.2, 0) is 0 Å². The third kappa shape index (κ3) is 5.01. The largest absolute Gasteiger partial charge is 0.508 e. The number of hydrogen-bond acceptors (Lipinski definition) is 2. The molecule has 2 heteroatoms. The topological polar surface area (TPSA) is 40.5 Å². The molecule has 0 saturated heterocycles. The second-order valence-electron chi connectivity index (χ2n) is 7.40. The van der Waals surface area contributed by atoms with Gasteiger partial charge >= 0.3 is 0 Å². The molecule has 136 valence electrons. The number of aromatic hydroxyl groups is 2. The molecule has 0 spiro atoms. The van der Waals surface area contributed by atoms with Crippen LogP contribution in [0.4, 0.5) is 0 Å². The quantitative estimate of drug-likeness (QED) is 0.428. The van der Waals surface area contributed by atoms with Gasteiger partial charge in [0, 0.05) is 17.5 Å². The van der Waals surface area contributed by atoms with Crippen molar-refractivity contribution in [3.63, 3.8) is 0 Å². The lowest BCUT2D eigenvalue weighted by molar-refractivity contribution is 0.426. The van der Waals surface area contributed by atoms with Gasteiger partial charge in [-0.15, -0.1) is 0 Å². The summed E-state index contributed by atoms with van der Waals surface area (Å²) >= 11 is 0. The van der Waals surface area contributed by atoms with E-state index in [4.69, 9.17) is 0 Å². The van der Waals surface area contributed by atoms with E-state index in [9.17, 15) is 10.2 Å². The van der Waals surface area contributed by atoms with E-state index in [1.807, 2.05) is 0 Å². The van der Waals surface area contributed by atoms with E-state index in [1.165, 1.54) is 30.9 Å². The van der Waals surface area contributed by atoms with Crippen molar-refractivity contribution >= 4 is 6.08 Å². The van der Waals surface area contributed by atoms with Gasteiger partial charge in [-0.25, -0.2) is 0 Å². The molecule has 1 aliphatic carbocycles. The minimum atomic E-state index is 0.109. The molecule has 0 radical (unpaired) electrons. The van der Waals surface area contributed by atoms with E-state index in [0.717, 1.165) is 36.0 Å². The zero-order chi connectivity index (χ0) is 18.4. The Morgan fingerprint density at radius 3 is 2.72 bits per heavy atom. The third-order valence-electron chi connectivity index (χ3n) is 5.16. The van der Waals surface area contributed by atoms with E-state index in [1.54, 1.807) is 6.07 Å². The Balaban J connectivity index is 2.41. The summed E-state index contributed by atoms with van der Waals surface area (Å²) in [5.41, 5.74) is 4.33. The van der Waals surface area contributed by atoms with Crippen LogP contribution in [0.15, 0.2) is 42.0 Å². The molecular formula is C23H32O2. The van der Waals surface area contributed by atoms with Gasteiger partial charge in [-0.05, 0) is 57.1 Å². The van der Waals surface area contributed by atoms with Gasteiger partial charge in [0.1, 0.15) is 11.5 Å². The minimum Gasteiger partial charge on any atom is -0.508 e. The molecule has 25 heavy (non-hydrogen) atoms. The average molecular weight is 341 g/mol. The summed E-state index contributed by atoms with van der Waals surface area (Å²) in [6.45, 7) is 10.6. The lowest BCUT2D eigenvalue weighted by atomic mass is 9.73. The van der Waals surface area contributed by atoms with Crippen molar-refractivity contribution in [3.05, 3.63) is 53.1 Å². The number of benzene rings is 1. The molecule has 1 aliphatic rings. The van der Waals surface area contributed by atoms with Crippen LogP contribution in [-0.4, -0.2) is 10.2 Å². The first-order chi connectivity index (χ1) is 11.9. The molecular weight excluding hydrogens is 308 g/mol. The van der Waals surface area contributed by atoms with Gasteiger partial charge in [0.25, 0.3) is 0 Å². The van der Waals surface area contributed by atoms with E-state index in [2.05, 4.69) is 45.6 Å². The Labute approximate surface area is 152 Å². The van der Waals surface area contributed by atoms with Gasteiger partial charge in [0.15, 0.2) is 0 Å². The van der Waals surface area contributed by atoms with Gasteiger partial charge in [0.2, 0.25) is 0 Å². The van der Waals surface area contributed by atoms with Crippen molar-refractivity contribution in [2.24, 2.45) is 5.92 Å². The maximum absolute atomic E-state index is 10.6. The summed E-state index contributed by atoms with van der Waals surface area (Å²) in [4.78, 5) is 0. The number of phenols is 2. The number of rotatable bonds is 7. The molecule has 0 fully saturated rings. The Kier molecular flexibility index (Phi) is 6.92. The molecule has 0 amide bonds. The highest BCUT2D eigenvalue weighted by molar-refractivity contribution is 5.63. The van der Waals surface area contributed by atoms with Crippen LogP contribution in [0, 0.1) is 5.92 Å². The van der Waals surface area contributed by atoms with Crippen molar-refractivity contribution in [1.82, 2.24) is 0 Å². The molecule has 0 saturated carbocycles. The van der Waals surface area contributed by atoms with Gasteiger partial charge in [-0.3, -0.25) is 0 Å². The summed E-state index contributed by atoms with van der Waals surface area (Å²) < 4.78 is 0. The zero-order valence-electron chi connectivity index (χ0n) is 15.9. The fraction of sp³-hybridized carbons (Fsp3) is 0.478. The maximum Gasteiger partial charge on any atom is 0.123 e. The van der Waals surface area contributed by atoms with Crippen LogP contribution in [0.1, 0.15) is 76.3 Å². The molecule has 1 aromatic rings. The Bertz CT molecular complexity index is 667. The second kappa shape index (κ2) is 8.94. The standard InChI is InChI=1S/C23H32O2/c1-5-6-7-8-9-10-18-14-19(24)15-22(25)23(18)21-13-17(4)11-12-20(21)16(2)3/h9-10,13-15,20-21,24-25H,2,5-8,11-12H2,1,3-4H3. The predicted octanol–water partition coefficient (Wildman–Crippen LogP) is 6.71. The Morgan fingerprint density at radius 2 is 2.04 bits per heavy atom. The highest BCUT2D eigenvalue weighted by Gasteiger charge is 2.29. The fourth-order valence-electron chi connectivity index (χ4n) is 3.77. The molecule has 2 N–H and O–H groups in total. The van der Waals surface area contributed by atoms with E-state index >= 15 is 0 Å². The zero-order valence-corrected chi connectivity index (χ0v) is 15.9. The number of phenolic OH excluding ortho intramolecular Hbond substituents is 2. The molecule has 0 aromatic heterocycles. The maximum atomic E-state index is 10.6. The Hall–Kier alpha value is -1.96. The lowest BCUT2D eigenvalue weighted by Crippen LogP contribution is -2.17. The van der Waals surface area contributed by atoms with Crippen LogP contribution >= 0.6 is 0 Å². The number of hydrogen-bond donors (Lipinski definition) is 2. The van der Waals surface area contributed by atoms with Crippen LogP contribution in [0.2, 0.25) is 0 Å². The lowest BCUT2D eigenvalue weighted by Gasteiger charge is -2.32. The number of allylic oxidation sites excluding steroid dienone is 4. The second-order valence-corrected chi connectivity index (χ2v) is 7.40. The third-order valence-corrected chi connectivity index (χ3v) is 5.16. The van der Waals surface area contributed by atoms with E-state index < -0.39 is 0 Å². The van der Waals surface area contributed by atoms with Crippen molar-refractivity contribution < 1.29 is 10.2 Å². The predicted molar refractivity (Wildman–Crippen MR) is 107 cm³/mol. The highest BCUT2D eigenvalue weighted by Crippen LogP contribution is 2.45. The average Bonchev–Trinajstić information content (AvgIpc) is 2.53. The summed E-state index contributed by atoms with van der Waals surface area (Å²) in [7, 11) is 0. The molecule has 0 bridgehead atoms. The van der Waals surface area contributed by atoms with Crippen LogP contribution in [0.25, 0.3) is 6.08 Å². The molecule has 2 rings (SSSR count). The van der Waals surface area contributed by atoms with Crippen molar-refractivity contribution in [2.75, 3.05) is 0 Å². The van der Waals surface area contributed by atoms with Crippen LogP contribution in [0.3, 0.4) is 0 Å². The first-order valence-electron chi connectivity index (χ1n) is 9.49. The van der Waals surface area contributed by atoms with Crippen LogP contribution < -0.4 is 0 Å². The molecule has 2 nitrogen and oxygen atoms in total. The smallest absolute Gasteiger partial charge is 0.123 e. The van der Waals surface area contributed by atoms with Gasteiger partial charge in [-0.1, -0.05) is 55.7 Å². The van der Waals surface area contributed by atoms with Crippen LogP contribution in [0.5, 0.6) is 11.5 Å². The van der Waals surface area contributed by atoms with Gasteiger partial charge < -0.3 is 10.2 Å². The first kappa shape index (κ1) is 19.4. The molecule has 0 heterocycles. The minimum absolute atomic E-state index is 0.109. The van der Waals surface area contributed by atoms with Crippen molar-refractivity contribution in [2.45, 2.75) is 65.2 Å². The summed E-state index contributed by atoms with van der Waals surface area (Å²) in [5.74, 6) is 0.724. The van der Waals surface area contributed by atoms with Crippen molar-refractivity contribution in [1.29, 1.82) is 0 Å². The molecule has 0 aliphatic heterocycles. The summed E-state index contributed by atoms with van der Waals surface area (Å²) in [5, 5.41) is 20.6. The molecule has 2 atom stereocenters. The normalized spacial score (nSPS) is 20.7. The van der Waals surface area contributed by atoms with E-state index in [-0.39, 0.29) is 17.4 Å². The molecule has 1 aromatic carbocycles. The first-order valence-corrected chi connectivity index (χ1v) is 9.49. The molecule has 2 unspecified atom stereocenters. The van der Waals surface area contributed by atoms with Gasteiger partial charge in [0.05, 0.1) is 0 Å². The fourth-order valence-corrected chi connectivity index (χ4v) is 3.77. The highest BCUT2D eigenvalue weighted by atomic mass is 16.3.